The van der Waals surface area contributed by atoms with Gasteiger partial charge in [-0.1, -0.05) is 12.1 Å². The number of hydrogen-bond acceptors (Lipinski definition) is 7. The summed E-state index contributed by atoms with van der Waals surface area (Å²) in [5.74, 6) is -0.361. The number of carbonyl (C=O) groups is 2. The fourth-order valence-corrected chi connectivity index (χ4v) is 4.94. The number of sulfone groups is 1. The van der Waals surface area contributed by atoms with E-state index in [9.17, 15) is 18.0 Å². The molecule has 1 atom stereocenters. The van der Waals surface area contributed by atoms with Crippen LogP contribution < -0.4 is 4.74 Å². The fourth-order valence-electron chi connectivity index (χ4n) is 3.21. The van der Waals surface area contributed by atoms with Gasteiger partial charge in [0.1, 0.15) is 17.1 Å². The summed E-state index contributed by atoms with van der Waals surface area (Å²) in [5.41, 5.74) is 0.177. The number of hydrogen-bond donors (Lipinski definition) is 0. The van der Waals surface area contributed by atoms with E-state index < -0.39 is 28.3 Å². The van der Waals surface area contributed by atoms with Gasteiger partial charge in [-0.15, -0.1) is 0 Å². The maximum Gasteiger partial charge on any atom is 0.342 e. The molecule has 2 heterocycles. The van der Waals surface area contributed by atoms with E-state index in [1.807, 2.05) is 0 Å². The predicted octanol–water partition coefficient (Wildman–Crippen LogP) is 2.07. The molecular weight excluding hydrogens is 396 g/mol. The second kappa shape index (κ2) is 9.04. The molecule has 0 N–H and O–H groups in total. The number of pyridine rings is 1. The third-order valence-corrected chi connectivity index (χ3v) is 6.36. The number of esters is 1. The zero-order valence-electron chi connectivity index (χ0n) is 16.0. The molecule has 1 aliphatic rings. The Morgan fingerprint density at radius 1 is 1.21 bits per heavy atom. The Labute approximate surface area is 169 Å². The molecule has 1 fully saturated rings. The normalized spacial score (nSPS) is 17.5. The van der Waals surface area contributed by atoms with Gasteiger partial charge in [0.15, 0.2) is 16.4 Å². The van der Waals surface area contributed by atoms with E-state index in [1.54, 1.807) is 49.5 Å². The Kier molecular flexibility index (Phi) is 6.48. The quantitative estimate of drug-likeness (QED) is 0.634. The summed E-state index contributed by atoms with van der Waals surface area (Å²) in [6, 6.07) is 9.57. The lowest BCUT2D eigenvalue weighted by molar-refractivity contribution is -0.136. The van der Waals surface area contributed by atoms with Crippen LogP contribution in [0, 0.1) is 0 Å². The molecular formula is C20H22N2O6S. The third kappa shape index (κ3) is 5.32. The summed E-state index contributed by atoms with van der Waals surface area (Å²) in [4.78, 5) is 30.4. The molecule has 154 valence electrons. The van der Waals surface area contributed by atoms with E-state index in [-0.39, 0.29) is 28.9 Å². The van der Waals surface area contributed by atoms with E-state index in [0.717, 1.165) is 0 Å². The summed E-state index contributed by atoms with van der Waals surface area (Å²) < 4.78 is 34.2. The van der Waals surface area contributed by atoms with Crippen molar-refractivity contribution in [3.63, 3.8) is 0 Å². The molecule has 2 aromatic rings. The highest BCUT2D eigenvalue weighted by Gasteiger charge is 2.34. The highest BCUT2D eigenvalue weighted by molar-refractivity contribution is 7.91. The molecule has 0 spiro atoms. The minimum Gasteiger partial charge on any atom is -0.455 e. The molecule has 1 aromatic heterocycles. The predicted molar refractivity (Wildman–Crippen MR) is 105 cm³/mol. The van der Waals surface area contributed by atoms with Crippen LogP contribution in [-0.4, -0.2) is 60.9 Å². The molecule has 0 bridgehead atoms. The summed E-state index contributed by atoms with van der Waals surface area (Å²) >= 11 is 0. The second-order valence-corrected chi connectivity index (χ2v) is 8.83. The minimum atomic E-state index is -3.12. The van der Waals surface area contributed by atoms with Crippen LogP contribution in [0.25, 0.3) is 0 Å². The van der Waals surface area contributed by atoms with E-state index in [4.69, 9.17) is 9.47 Å². The molecule has 0 saturated carbocycles. The monoisotopic (exact) mass is 418 g/mol. The smallest absolute Gasteiger partial charge is 0.342 e. The van der Waals surface area contributed by atoms with Crippen molar-refractivity contribution < 1.29 is 27.5 Å². The summed E-state index contributed by atoms with van der Waals surface area (Å²) in [7, 11) is -3.12. The number of amides is 1. The first-order chi connectivity index (χ1) is 13.9. The van der Waals surface area contributed by atoms with Gasteiger partial charge in [0.05, 0.1) is 17.7 Å². The van der Waals surface area contributed by atoms with E-state index in [2.05, 4.69) is 4.98 Å². The number of carbonyl (C=O) groups excluding carboxylic acids is 2. The van der Waals surface area contributed by atoms with Gasteiger partial charge in [-0.3, -0.25) is 9.78 Å². The molecule has 1 aliphatic heterocycles. The number of likely N-dealkylation sites (N-methyl/N-ethyl adjacent to an activating group) is 1. The largest absolute Gasteiger partial charge is 0.455 e. The van der Waals surface area contributed by atoms with Gasteiger partial charge in [-0.2, -0.15) is 0 Å². The van der Waals surface area contributed by atoms with Crippen molar-refractivity contribution >= 4 is 21.7 Å². The van der Waals surface area contributed by atoms with Crippen LogP contribution in [0.1, 0.15) is 23.7 Å². The van der Waals surface area contributed by atoms with Crippen LogP contribution in [0.3, 0.4) is 0 Å². The fraction of sp³-hybridized carbons (Fsp3) is 0.350. The molecule has 1 unspecified atom stereocenters. The van der Waals surface area contributed by atoms with Crippen LogP contribution in [0.5, 0.6) is 11.5 Å². The summed E-state index contributed by atoms with van der Waals surface area (Å²) in [6.07, 6.45) is 3.52. The van der Waals surface area contributed by atoms with Gasteiger partial charge in [0, 0.05) is 18.8 Å². The van der Waals surface area contributed by atoms with Crippen molar-refractivity contribution in [2.75, 3.05) is 24.7 Å². The molecule has 0 aliphatic carbocycles. The number of ether oxygens (including phenoxy) is 2. The van der Waals surface area contributed by atoms with Crippen LogP contribution >= 0.6 is 0 Å². The van der Waals surface area contributed by atoms with Gasteiger partial charge < -0.3 is 14.4 Å². The van der Waals surface area contributed by atoms with Crippen molar-refractivity contribution in [2.45, 2.75) is 19.4 Å². The van der Waals surface area contributed by atoms with Crippen molar-refractivity contribution in [1.82, 2.24) is 9.88 Å². The molecule has 3 rings (SSSR count). The van der Waals surface area contributed by atoms with Crippen LogP contribution in [0.15, 0.2) is 48.8 Å². The third-order valence-electron chi connectivity index (χ3n) is 4.61. The maximum absolute atomic E-state index is 12.5. The number of aromatic nitrogens is 1. The lowest BCUT2D eigenvalue weighted by Gasteiger charge is -2.26. The molecule has 0 radical (unpaired) electrons. The number of para-hydroxylation sites is 1. The van der Waals surface area contributed by atoms with Gasteiger partial charge in [-0.25, -0.2) is 13.2 Å². The lowest BCUT2D eigenvalue weighted by atomic mass is 10.2. The van der Waals surface area contributed by atoms with Crippen molar-refractivity contribution in [3.8, 4) is 11.5 Å². The highest BCUT2D eigenvalue weighted by Crippen LogP contribution is 2.25. The Morgan fingerprint density at radius 3 is 2.66 bits per heavy atom. The zero-order valence-corrected chi connectivity index (χ0v) is 16.8. The molecule has 1 saturated heterocycles. The number of benzene rings is 1. The van der Waals surface area contributed by atoms with Crippen LogP contribution in [0.2, 0.25) is 0 Å². The average molecular weight is 418 g/mol. The Balaban J connectivity index is 1.64. The lowest BCUT2D eigenvalue weighted by Crippen LogP contribution is -2.43. The van der Waals surface area contributed by atoms with Gasteiger partial charge in [-0.05, 0) is 37.6 Å². The van der Waals surface area contributed by atoms with Gasteiger partial charge in [0.2, 0.25) is 0 Å². The zero-order chi connectivity index (χ0) is 20.9. The highest BCUT2D eigenvalue weighted by atomic mass is 32.2. The first-order valence-corrected chi connectivity index (χ1v) is 11.1. The van der Waals surface area contributed by atoms with Crippen molar-refractivity contribution in [2.24, 2.45) is 0 Å². The molecule has 8 nitrogen and oxygen atoms in total. The average Bonchev–Trinajstić information content (AvgIpc) is 3.07. The SMILES string of the molecule is CCN(C(=O)COC(=O)c1ccccc1Oc1cccnc1)C1CCS(=O)(=O)C1. The van der Waals surface area contributed by atoms with Gasteiger partial charge in [0.25, 0.3) is 5.91 Å². The Hall–Kier alpha value is -2.94. The molecule has 1 aromatic carbocycles. The van der Waals surface area contributed by atoms with E-state index in [1.165, 1.54) is 11.1 Å². The molecule has 29 heavy (non-hydrogen) atoms. The van der Waals surface area contributed by atoms with E-state index in [0.29, 0.717) is 18.7 Å². The van der Waals surface area contributed by atoms with E-state index >= 15 is 0 Å². The first kappa shape index (κ1) is 20.8. The second-order valence-electron chi connectivity index (χ2n) is 6.60. The number of nitrogens with zero attached hydrogens (tertiary/aromatic N) is 2. The van der Waals surface area contributed by atoms with Crippen LogP contribution in [0.4, 0.5) is 0 Å². The Bertz CT molecular complexity index is 977. The Morgan fingerprint density at radius 2 is 2.00 bits per heavy atom. The topological polar surface area (TPSA) is 103 Å². The van der Waals surface area contributed by atoms with Crippen molar-refractivity contribution in [1.29, 1.82) is 0 Å². The standard InChI is InChI=1S/C20H22N2O6S/c1-2-22(15-9-11-29(25,26)14-15)19(23)13-27-20(24)17-7-3-4-8-18(17)28-16-6-5-10-21-12-16/h3-8,10,12,15H,2,9,11,13-14H2,1H3. The summed E-state index contributed by atoms with van der Waals surface area (Å²) in [5, 5.41) is 0. The van der Waals surface area contributed by atoms with Crippen LogP contribution in [-0.2, 0) is 19.4 Å². The molecule has 9 heteroatoms. The summed E-state index contributed by atoms with van der Waals surface area (Å²) in [6.45, 7) is 1.64. The minimum absolute atomic E-state index is 0.0533. The molecule has 1 amide bonds. The number of rotatable bonds is 7. The van der Waals surface area contributed by atoms with Gasteiger partial charge >= 0.3 is 5.97 Å². The van der Waals surface area contributed by atoms with Crippen molar-refractivity contribution in [3.05, 3.63) is 54.4 Å². The maximum atomic E-state index is 12.5. The first-order valence-electron chi connectivity index (χ1n) is 9.23.